The van der Waals surface area contributed by atoms with Crippen molar-refractivity contribution in [1.29, 1.82) is 0 Å². The topological polar surface area (TPSA) is 15.3 Å². The van der Waals surface area contributed by atoms with Crippen LogP contribution in [0, 0.1) is 0 Å². The molecule has 0 spiro atoms. The first kappa shape index (κ1) is 12.2. The summed E-state index contributed by atoms with van der Waals surface area (Å²) in [5.74, 6) is 0. The van der Waals surface area contributed by atoms with Crippen LogP contribution in [0.2, 0.25) is 0 Å². The van der Waals surface area contributed by atoms with Crippen LogP contribution in [-0.2, 0) is 0 Å². The second-order valence-electron chi connectivity index (χ2n) is 4.18. The molecule has 0 saturated heterocycles. The first-order valence-electron chi connectivity index (χ1n) is 6.03. The number of nitrogens with one attached hydrogen (secondary N) is 1. The van der Waals surface area contributed by atoms with E-state index in [0.29, 0.717) is 0 Å². The highest BCUT2D eigenvalue weighted by Gasteiger charge is 1.94. The number of nitrogens with zero attached hydrogens (tertiary/aromatic N) is 1. The maximum absolute atomic E-state index is 3.69. The Morgan fingerprint density at radius 2 is 1.94 bits per heavy atom. The van der Waals surface area contributed by atoms with E-state index in [0.717, 1.165) is 12.2 Å². The fraction of sp³-hybridized carbons (Fsp3) is 0.125. The highest BCUT2D eigenvalue weighted by Crippen LogP contribution is 2.18. The van der Waals surface area contributed by atoms with Crippen molar-refractivity contribution in [2.24, 2.45) is 0 Å². The molecule has 0 atom stereocenters. The zero-order chi connectivity index (χ0) is 12.8. The highest BCUT2D eigenvalue weighted by atomic mass is 15.0. The van der Waals surface area contributed by atoms with Crippen molar-refractivity contribution < 1.29 is 0 Å². The molecule has 1 N–H and O–H groups in total. The smallest absolute Gasteiger partial charge is 0.0349 e. The molecule has 0 aliphatic carbocycles. The molecule has 0 unspecified atom stereocenters. The van der Waals surface area contributed by atoms with Crippen LogP contribution in [0.3, 0.4) is 0 Å². The lowest BCUT2D eigenvalue weighted by Gasteiger charge is -2.07. The van der Waals surface area contributed by atoms with Gasteiger partial charge >= 0.3 is 0 Å². The van der Waals surface area contributed by atoms with Gasteiger partial charge in [0.25, 0.3) is 0 Å². The van der Waals surface area contributed by atoms with Crippen molar-refractivity contribution in [3.8, 4) is 0 Å². The second-order valence-corrected chi connectivity index (χ2v) is 4.18. The molecule has 2 aromatic rings. The van der Waals surface area contributed by atoms with E-state index >= 15 is 0 Å². The molecule has 18 heavy (non-hydrogen) atoms. The number of fused-ring (bicyclic) bond motifs is 1. The molecule has 0 amide bonds. The molecule has 92 valence electrons. The average Bonchev–Trinajstić information content (AvgIpc) is 2.43. The minimum Gasteiger partial charge on any atom is -0.381 e. The molecular weight excluding hydrogens is 220 g/mol. The van der Waals surface area contributed by atoms with Crippen LogP contribution in [0.25, 0.3) is 10.8 Å². The number of hydrogen-bond donors (Lipinski definition) is 1. The predicted octanol–water partition coefficient (Wildman–Crippen LogP) is 3.84. The maximum Gasteiger partial charge on any atom is 0.0349 e. The molecule has 0 heterocycles. The van der Waals surface area contributed by atoms with E-state index < -0.39 is 0 Å². The highest BCUT2D eigenvalue weighted by molar-refractivity contribution is 5.85. The van der Waals surface area contributed by atoms with Crippen molar-refractivity contribution in [1.82, 2.24) is 4.90 Å². The van der Waals surface area contributed by atoms with Crippen molar-refractivity contribution in [3.05, 3.63) is 67.5 Å². The van der Waals surface area contributed by atoms with E-state index in [1.54, 1.807) is 6.20 Å². The number of rotatable bonds is 5. The van der Waals surface area contributed by atoms with E-state index in [-0.39, 0.29) is 0 Å². The van der Waals surface area contributed by atoms with Crippen molar-refractivity contribution in [2.75, 3.05) is 18.9 Å². The summed E-state index contributed by atoms with van der Waals surface area (Å²) in [4.78, 5) is 1.92. The van der Waals surface area contributed by atoms with Gasteiger partial charge in [0.1, 0.15) is 0 Å². The van der Waals surface area contributed by atoms with Crippen molar-refractivity contribution >= 4 is 16.5 Å². The standard InChI is InChI=1S/C16H18N2/c1-3-18(2)12-6-11-17-16-10-9-14-7-4-5-8-15(14)13-16/h3-10,12-13,17H,1,11H2,2H3/b12-6-. The number of benzene rings is 2. The first-order valence-corrected chi connectivity index (χ1v) is 6.03. The molecule has 0 radical (unpaired) electrons. The molecule has 2 heteroatoms. The summed E-state index contributed by atoms with van der Waals surface area (Å²) in [6.07, 6.45) is 5.82. The van der Waals surface area contributed by atoms with E-state index in [4.69, 9.17) is 0 Å². The SMILES string of the molecule is C=CN(C)/C=C\CNc1ccc2ccccc2c1. The fourth-order valence-electron chi connectivity index (χ4n) is 1.76. The quantitative estimate of drug-likeness (QED) is 0.851. The van der Waals surface area contributed by atoms with Crippen LogP contribution in [0.15, 0.2) is 67.5 Å². The Labute approximate surface area is 108 Å². The molecule has 0 bridgehead atoms. The van der Waals surface area contributed by atoms with Gasteiger partial charge in [-0.15, -0.1) is 0 Å². The normalized spacial score (nSPS) is 10.7. The second kappa shape index (κ2) is 5.92. The Morgan fingerprint density at radius 1 is 1.17 bits per heavy atom. The molecule has 0 aliphatic rings. The average molecular weight is 238 g/mol. The van der Waals surface area contributed by atoms with Crippen LogP contribution < -0.4 is 5.32 Å². The van der Waals surface area contributed by atoms with Gasteiger partial charge in [0.05, 0.1) is 0 Å². The first-order chi connectivity index (χ1) is 8.79. The summed E-state index contributed by atoms with van der Waals surface area (Å²) < 4.78 is 0. The summed E-state index contributed by atoms with van der Waals surface area (Å²) in [7, 11) is 1.96. The van der Waals surface area contributed by atoms with Crippen LogP contribution in [-0.4, -0.2) is 18.5 Å². The van der Waals surface area contributed by atoms with Gasteiger partial charge in [-0.2, -0.15) is 0 Å². The summed E-state index contributed by atoms with van der Waals surface area (Å²) in [5.41, 5.74) is 1.14. The maximum atomic E-state index is 3.69. The molecule has 2 rings (SSSR count). The lowest BCUT2D eigenvalue weighted by atomic mass is 10.1. The summed E-state index contributed by atoms with van der Waals surface area (Å²) >= 11 is 0. The third kappa shape index (κ3) is 3.14. The Balaban J connectivity index is 1.99. The summed E-state index contributed by atoms with van der Waals surface area (Å²) in [6.45, 7) is 4.49. The zero-order valence-electron chi connectivity index (χ0n) is 10.6. The van der Waals surface area contributed by atoms with Gasteiger partial charge in [-0.25, -0.2) is 0 Å². The lowest BCUT2D eigenvalue weighted by Crippen LogP contribution is -2.02. The Kier molecular flexibility index (Phi) is 4.02. The minimum atomic E-state index is 0.802. The largest absolute Gasteiger partial charge is 0.381 e. The third-order valence-corrected chi connectivity index (χ3v) is 2.80. The van der Waals surface area contributed by atoms with Gasteiger partial charge in [0, 0.05) is 25.5 Å². The molecule has 0 aromatic heterocycles. The monoisotopic (exact) mass is 238 g/mol. The van der Waals surface area contributed by atoms with Gasteiger partial charge in [-0.3, -0.25) is 0 Å². The molecule has 0 aliphatic heterocycles. The Hall–Kier alpha value is -2.22. The summed E-state index contributed by atoms with van der Waals surface area (Å²) in [5, 5.41) is 5.90. The number of hydrogen-bond acceptors (Lipinski definition) is 2. The van der Waals surface area contributed by atoms with E-state index in [1.165, 1.54) is 10.8 Å². The minimum absolute atomic E-state index is 0.802. The lowest BCUT2D eigenvalue weighted by molar-refractivity contribution is 0.626. The van der Waals surface area contributed by atoms with E-state index in [1.807, 2.05) is 18.1 Å². The molecule has 2 nitrogen and oxygen atoms in total. The molecule has 2 aromatic carbocycles. The van der Waals surface area contributed by atoms with Gasteiger partial charge in [0.2, 0.25) is 0 Å². The van der Waals surface area contributed by atoms with Gasteiger partial charge in [-0.1, -0.05) is 36.9 Å². The van der Waals surface area contributed by atoms with Gasteiger partial charge in [-0.05, 0) is 35.2 Å². The fourth-order valence-corrected chi connectivity index (χ4v) is 1.76. The Bertz CT molecular complexity index is 558. The van der Waals surface area contributed by atoms with Crippen molar-refractivity contribution in [2.45, 2.75) is 0 Å². The Morgan fingerprint density at radius 3 is 2.72 bits per heavy atom. The molecule has 0 fully saturated rings. The number of anilines is 1. The zero-order valence-corrected chi connectivity index (χ0v) is 10.6. The van der Waals surface area contributed by atoms with Crippen LogP contribution >= 0.6 is 0 Å². The summed E-state index contributed by atoms with van der Waals surface area (Å²) in [6, 6.07) is 14.8. The van der Waals surface area contributed by atoms with E-state index in [2.05, 4.69) is 60.4 Å². The van der Waals surface area contributed by atoms with Gasteiger partial charge < -0.3 is 10.2 Å². The molecular formula is C16H18N2. The predicted molar refractivity (Wildman–Crippen MR) is 79.5 cm³/mol. The van der Waals surface area contributed by atoms with Crippen LogP contribution in [0.1, 0.15) is 0 Å². The van der Waals surface area contributed by atoms with Crippen LogP contribution in [0.4, 0.5) is 5.69 Å². The van der Waals surface area contributed by atoms with E-state index in [9.17, 15) is 0 Å². The van der Waals surface area contributed by atoms with Gasteiger partial charge in [0.15, 0.2) is 0 Å². The van der Waals surface area contributed by atoms with Crippen molar-refractivity contribution in [3.63, 3.8) is 0 Å². The third-order valence-electron chi connectivity index (χ3n) is 2.80. The van der Waals surface area contributed by atoms with Crippen LogP contribution in [0.5, 0.6) is 0 Å². The molecule has 0 saturated carbocycles.